The molecule has 132 valence electrons. The van der Waals surface area contributed by atoms with Crippen LogP contribution in [0, 0.1) is 0 Å². The Hall–Kier alpha value is 0.190. The predicted molar refractivity (Wildman–Crippen MR) is 91.2 cm³/mol. The highest BCUT2D eigenvalue weighted by molar-refractivity contribution is 7.39. The molecule has 0 radical (unpaired) electrons. The van der Waals surface area contributed by atoms with Gasteiger partial charge in [-0.15, -0.1) is 0 Å². The second-order valence-corrected chi connectivity index (χ2v) is 6.53. The molecule has 6 nitrogen and oxygen atoms in total. The van der Waals surface area contributed by atoms with Crippen LogP contribution in [0.3, 0.4) is 0 Å². The van der Waals surface area contributed by atoms with Gasteiger partial charge in [-0.05, 0) is 0 Å². The molecule has 5 N–H and O–H groups in total. The summed E-state index contributed by atoms with van der Waals surface area (Å²) in [6, 6.07) is 2.50. The molecular formula is C14H37N2O4P. The highest BCUT2D eigenvalue weighted by Crippen LogP contribution is 2.22. The molecule has 0 fully saturated rings. The van der Waals surface area contributed by atoms with Gasteiger partial charge in [-0.3, -0.25) is 0 Å². The molecule has 0 bridgehead atoms. The van der Waals surface area contributed by atoms with Crippen LogP contribution in [-0.4, -0.2) is 52.3 Å². The van der Waals surface area contributed by atoms with Crippen molar-refractivity contribution in [3.8, 4) is 0 Å². The molecule has 7 heteroatoms. The van der Waals surface area contributed by atoms with Crippen LogP contribution in [0.25, 0.3) is 0 Å². The molecule has 0 rings (SSSR count). The van der Waals surface area contributed by atoms with Crippen molar-refractivity contribution in [2.45, 2.75) is 79.6 Å². The number of aliphatic hydroxyl groups is 1. The summed E-state index contributed by atoms with van der Waals surface area (Å²) in [6.45, 7) is 17.0. The van der Waals surface area contributed by atoms with Crippen LogP contribution in [0.5, 0.6) is 0 Å². The zero-order chi connectivity index (χ0) is 17.4. The van der Waals surface area contributed by atoms with Gasteiger partial charge in [-0.2, -0.15) is 0 Å². The molecule has 21 heavy (non-hydrogen) atoms. The molecule has 0 unspecified atom stereocenters. The van der Waals surface area contributed by atoms with E-state index in [0.717, 1.165) is 0 Å². The minimum atomic E-state index is -2.27. The van der Waals surface area contributed by atoms with E-state index in [4.69, 9.17) is 14.9 Å². The van der Waals surface area contributed by atoms with Crippen molar-refractivity contribution in [1.29, 1.82) is 0 Å². The van der Waals surface area contributed by atoms with Gasteiger partial charge in [0, 0.05) is 24.2 Å². The summed E-state index contributed by atoms with van der Waals surface area (Å²) < 4.78 is 4.12. The van der Waals surface area contributed by atoms with Crippen molar-refractivity contribution in [2.24, 2.45) is 0 Å². The predicted octanol–water partition coefficient (Wildman–Crippen LogP) is 1.99. The Morgan fingerprint density at radius 1 is 0.762 bits per heavy atom. The van der Waals surface area contributed by atoms with Crippen LogP contribution < -0.4 is 10.6 Å². The third-order valence-corrected chi connectivity index (χ3v) is 2.04. The van der Waals surface area contributed by atoms with E-state index < -0.39 is 8.60 Å². The highest BCUT2D eigenvalue weighted by atomic mass is 31.2. The Morgan fingerprint density at radius 2 is 1.05 bits per heavy atom. The second kappa shape index (κ2) is 18.2. The average molecular weight is 328 g/mol. The van der Waals surface area contributed by atoms with Gasteiger partial charge in [0.2, 0.25) is 0 Å². The Labute approximate surface area is 132 Å². The van der Waals surface area contributed by atoms with Crippen LogP contribution in [0.4, 0.5) is 0 Å². The number of hydrogen-bond acceptors (Lipinski definition) is 6. The van der Waals surface area contributed by atoms with Crippen molar-refractivity contribution in [3.63, 3.8) is 0 Å². The van der Waals surface area contributed by atoms with Crippen LogP contribution in [0.2, 0.25) is 0 Å². The largest absolute Gasteiger partial charge is 0.394 e. The third kappa shape index (κ3) is 45.0. The number of aliphatic hydroxyl groups excluding tert-OH is 1. The number of nitrogens with one attached hydrogen (secondary N) is 2. The molecule has 0 saturated heterocycles. The molecule has 0 amide bonds. The summed E-state index contributed by atoms with van der Waals surface area (Å²) in [6.07, 6.45) is 0. The van der Waals surface area contributed by atoms with Gasteiger partial charge in [-0.25, -0.2) is 0 Å². The van der Waals surface area contributed by atoms with E-state index in [2.05, 4.69) is 70.5 Å². The maximum Gasteiger partial charge on any atom is 0.327 e. The first-order valence-electron chi connectivity index (χ1n) is 7.46. The quantitative estimate of drug-likeness (QED) is 0.459. The second-order valence-electron chi connectivity index (χ2n) is 5.76. The van der Waals surface area contributed by atoms with Crippen molar-refractivity contribution in [3.05, 3.63) is 0 Å². The van der Waals surface area contributed by atoms with E-state index in [0.29, 0.717) is 24.2 Å². The fourth-order valence-corrected chi connectivity index (χ4v) is 1.70. The molecule has 0 aliphatic heterocycles. The summed E-state index contributed by atoms with van der Waals surface area (Å²) in [5.74, 6) is 0. The van der Waals surface area contributed by atoms with Gasteiger partial charge in [0.05, 0.1) is 13.2 Å². The minimum Gasteiger partial charge on any atom is -0.394 e. The van der Waals surface area contributed by atoms with E-state index in [-0.39, 0.29) is 13.2 Å². The summed E-state index contributed by atoms with van der Waals surface area (Å²) in [7, 11) is -2.27. The molecule has 0 aromatic rings. The first kappa shape index (κ1) is 26.1. The molecule has 0 saturated carbocycles. The Kier molecular flexibility index (Phi) is 22.7. The monoisotopic (exact) mass is 328 g/mol. The summed E-state index contributed by atoms with van der Waals surface area (Å²) in [4.78, 5) is 15.9. The molecule has 0 aromatic heterocycles. The lowest BCUT2D eigenvalue weighted by molar-refractivity contribution is 0.181. The number of hydrogen-bond donors (Lipinski definition) is 5. The van der Waals surface area contributed by atoms with Crippen molar-refractivity contribution >= 4 is 8.60 Å². The van der Waals surface area contributed by atoms with Gasteiger partial charge in [-0.1, -0.05) is 55.4 Å². The zero-order valence-corrected chi connectivity index (χ0v) is 15.8. The third-order valence-electron chi connectivity index (χ3n) is 1.63. The smallest absolute Gasteiger partial charge is 0.327 e. The molecule has 0 aromatic carbocycles. The Bertz CT molecular complexity index is 166. The highest BCUT2D eigenvalue weighted by Gasteiger charge is 1.94. The van der Waals surface area contributed by atoms with E-state index in [9.17, 15) is 0 Å². The summed E-state index contributed by atoms with van der Waals surface area (Å²) >= 11 is 0. The van der Waals surface area contributed by atoms with Crippen molar-refractivity contribution < 1.29 is 19.4 Å². The zero-order valence-electron chi connectivity index (χ0n) is 14.9. The average Bonchev–Trinajstić information content (AvgIpc) is 2.23. The van der Waals surface area contributed by atoms with E-state index in [1.54, 1.807) is 0 Å². The topological polar surface area (TPSA) is 94.0 Å². The van der Waals surface area contributed by atoms with Gasteiger partial charge in [0.1, 0.15) is 0 Å². The first-order chi connectivity index (χ1) is 9.52. The van der Waals surface area contributed by atoms with Gasteiger partial charge in [0.15, 0.2) is 0 Å². The van der Waals surface area contributed by atoms with E-state index in [1.165, 1.54) is 0 Å². The maximum atomic E-state index is 7.98. The van der Waals surface area contributed by atoms with Crippen LogP contribution in [-0.2, 0) is 4.52 Å². The van der Waals surface area contributed by atoms with Gasteiger partial charge in [0.25, 0.3) is 0 Å². The minimum absolute atomic E-state index is 0.0152. The summed E-state index contributed by atoms with van der Waals surface area (Å²) in [5.41, 5.74) is 0. The molecule has 0 spiro atoms. The Balaban J connectivity index is -0.000000231. The lowest BCUT2D eigenvalue weighted by Crippen LogP contribution is -2.29. The Morgan fingerprint density at radius 3 is 1.10 bits per heavy atom. The molecular weight excluding hydrogens is 291 g/mol. The van der Waals surface area contributed by atoms with Crippen molar-refractivity contribution in [2.75, 3.05) is 13.2 Å². The van der Waals surface area contributed by atoms with Crippen LogP contribution in [0.15, 0.2) is 0 Å². The normalized spacial score (nSPS) is 10.9. The fourth-order valence-electron chi connectivity index (χ4n) is 1.46. The van der Waals surface area contributed by atoms with E-state index in [1.807, 2.05) is 0 Å². The molecule has 0 atom stereocenters. The SMILES string of the molecule is CC(C)NC(C)C.CC(C)NC(C)C.OCCOP(O)O. The standard InChI is InChI=1S/2C6H15N.C2H7O4P/c2*1-5(2)7-6(3)4;3-1-2-6-7(4)5/h2*5-7H,1-4H3;3-5H,1-2H2. The maximum absolute atomic E-state index is 7.98. The first-order valence-corrected chi connectivity index (χ1v) is 8.63. The molecule has 0 aliphatic rings. The van der Waals surface area contributed by atoms with Crippen LogP contribution >= 0.6 is 8.60 Å². The van der Waals surface area contributed by atoms with Crippen molar-refractivity contribution in [1.82, 2.24) is 10.6 Å². The number of rotatable bonds is 7. The fraction of sp³-hybridized carbons (Fsp3) is 1.00. The van der Waals surface area contributed by atoms with E-state index >= 15 is 0 Å². The lowest BCUT2D eigenvalue weighted by Gasteiger charge is -2.10. The molecule has 0 heterocycles. The summed E-state index contributed by atoms with van der Waals surface area (Å²) in [5, 5.41) is 14.6. The van der Waals surface area contributed by atoms with Gasteiger partial charge >= 0.3 is 8.60 Å². The lowest BCUT2D eigenvalue weighted by atomic mass is 10.3. The molecule has 0 aliphatic carbocycles. The van der Waals surface area contributed by atoms with Gasteiger partial charge < -0.3 is 30.1 Å². The van der Waals surface area contributed by atoms with Crippen LogP contribution in [0.1, 0.15) is 55.4 Å².